The SMILES string of the molecule is CC(C)C1CCCN1S(=O)(=O)C(C)CNC1CC1. The molecule has 18 heavy (non-hydrogen) atoms. The Hall–Kier alpha value is -0.130. The van der Waals surface area contributed by atoms with Gasteiger partial charge in [0.15, 0.2) is 0 Å². The molecule has 0 aromatic heterocycles. The van der Waals surface area contributed by atoms with Crippen molar-refractivity contribution in [1.82, 2.24) is 9.62 Å². The molecule has 0 bridgehead atoms. The van der Waals surface area contributed by atoms with E-state index in [2.05, 4.69) is 19.2 Å². The van der Waals surface area contributed by atoms with Crippen molar-refractivity contribution in [1.29, 1.82) is 0 Å². The van der Waals surface area contributed by atoms with Crippen molar-refractivity contribution in [2.45, 2.75) is 63.8 Å². The molecule has 0 aromatic carbocycles. The zero-order valence-corrected chi connectivity index (χ0v) is 12.5. The van der Waals surface area contributed by atoms with Crippen LogP contribution in [0.25, 0.3) is 0 Å². The quantitative estimate of drug-likeness (QED) is 0.800. The fourth-order valence-electron chi connectivity index (χ4n) is 2.70. The second-order valence-electron chi connectivity index (χ2n) is 6.10. The molecule has 2 atom stereocenters. The highest BCUT2D eigenvalue weighted by molar-refractivity contribution is 7.89. The lowest BCUT2D eigenvalue weighted by Gasteiger charge is -2.29. The maximum atomic E-state index is 12.6. The summed E-state index contributed by atoms with van der Waals surface area (Å²) < 4.78 is 26.9. The van der Waals surface area contributed by atoms with Crippen molar-refractivity contribution in [2.75, 3.05) is 13.1 Å². The largest absolute Gasteiger partial charge is 0.313 e. The zero-order chi connectivity index (χ0) is 13.3. The molecule has 1 N–H and O–H groups in total. The Morgan fingerprint density at radius 3 is 2.44 bits per heavy atom. The Morgan fingerprint density at radius 1 is 1.22 bits per heavy atom. The molecule has 1 aliphatic heterocycles. The Morgan fingerprint density at radius 2 is 1.89 bits per heavy atom. The van der Waals surface area contributed by atoms with E-state index in [4.69, 9.17) is 0 Å². The van der Waals surface area contributed by atoms with Gasteiger partial charge in [-0.1, -0.05) is 13.8 Å². The maximum Gasteiger partial charge on any atom is 0.218 e. The Kier molecular flexibility index (Phi) is 4.34. The summed E-state index contributed by atoms with van der Waals surface area (Å²) in [4.78, 5) is 0. The normalized spacial score (nSPS) is 27.9. The molecule has 1 saturated heterocycles. The molecule has 2 unspecified atom stereocenters. The van der Waals surface area contributed by atoms with Crippen LogP contribution in [0.5, 0.6) is 0 Å². The van der Waals surface area contributed by atoms with E-state index in [1.165, 1.54) is 12.8 Å². The van der Waals surface area contributed by atoms with Gasteiger partial charge in [-0.25, -0.2) is 8.42 Å². The Balaban J connectivity index is 1.99. The molecular formula is C13H26N2O2S. The molecule has 1 saturated carbocycles. The van der Waals surface area contributed by atoms with Gasteiger partial charge in [0.2, 0.25) is 10.0 Å². The van der Waals surface area contributed by atoms with Crippen molar-refractivity contribution in [3.05, 3.63) is 0 Å². The average Bonchev–Trinajstić information content (AvgIpc) is 2.98. The first-order valence-corrected chi connectivity index (χ1v) is 8.67. The summed E-state index contributed by atoms with van der Waals surface area (Å²) in [7, 11) is -3.13. The molecule has 2 aliphatic rings. The van der Waals surface area contributed by atoms with E-state index in [1.807, 2.05) is 6.92 Å². The summed E-state index contributed by atoms with van der Waals surface area (Å²) in [5.41, 5.74) is 0. The van der Waals surface area contributed by atoms with Crippen LogP contribution in [0.3, 0.4) is 0 Å². The minimum Gasteiger partial charge on any atom is -0.313 e. The highest BCUT2D eigenvalue weighted by atomic mass is 32.2. The number of hydrogen-bond acceptors (Lipinski definition) is 3. The van der Waals surface area contributed by atoms with Crippen LogP contribution in [0.4, 0.5) is 0 Å². The van der Waals surface area contributed by atoms with Crippen molar-refractivity contribution in [3.8, 4) is 0 Å². The summed E-state index contributed by atoms with van der Waals surface area (Å²) in [6.45, 7) is 7.37. The van der Waals surface area contributed by atoms with Crippen molar-refractivity contribution in [2.24, 2.45) is 5.92 Å². The van der Waals surface area contributed by atoms with Gasteiger partial charge >= 0.3 is 0 Å². The second kappa shape index (κ2) is 5.47. The van der Waals surface area contributed by atoms with Crippen LogP contribution in [-0.4, -0.2) is 43.1 Å². The van der Waals surface area contributed by atoms with E-state index < -0.39 is 10.0 Å². The number of hydrogen-bond donors (Lipinski definition) is 1. The van der Waals surface area contributed by atoms with Crippen LogP contribution in [0, 0.1) is 5.92 Å². The predicted octanol–water partition coefficient (Wildman–Crippen LogP) is 1.58. The third-order valence-corrected chi connectivity index (χ3v) is 6.42. The van der Waals surface area contributed by atoms with Gasteiger partial charge < -0.3 is 5.32 Å². The summed E-state index contributed by atoms with van der Waals surface area (Å²) in [6.07, 6.45) is 4.42. The molecule has 0 aromatic rings. The third-order valence-electron chi connectivity index (χ3n) is 4.12. The number of sulfonamides is 1. The predicted molar refractivity (Wildman–Crippen MR) is 74.0 cm³/mol. The van der Waals surface area contributed by atoms with Gasteiger partial charge in [0.1, 0.15) is 0 Å². The smallest absolute Gasteiger partial charge is 0.218 e. The number of nitrogens with zero attached hydrogens (tertiary/aromatic N) is 1. The summed E-state index contributed by atoms with van der Waals surface area (Å²) in [5, 5.41) is 3.02. The maximum absolute atomic E-state index is 12.6. The molecular weight excluding hydrogens is 248 g/mol. The van der Waals surface area contributed by atoms with Crippen LogP contribution in [0.15, 0.2) is 0 Å². The molecule has 4 nitrogen and oxygen atoms in total. The van der Waals surface area contributed by atoms with Crippen LogP contribution in [0.1, 0.15) is 46.5 Å². The van der Waals surface area contributed by atoms with Crippen molar-refractivity contribution >= 4 is 10.0 Å². The molecule has 2 fully saturated rings. The van der Waals surface area contributed by atoms with Crippen LogP contribution in [0.2, 0.25) is 0 Å². The Labute approximate surface area is 111 Å². The van der Waals surface area contributed by atoms with Gasteiger partial charge in [-0.05, 0) is 38.5 Å². The first kappa shape index (κ1) is 14.3. The Bertz CT molecular complexity index is 376. The van der Waals surface area contributed by atoms with Crippen LogP contribution < -0.4 is 5.32 Å². The molecule has 1 aliphatic carbocycles. The topological polar surface area (TPSA) is 49.4 Å². The van der Waals surface area contributed by atoms with E-state index in [1.54, 1.807) is 4.31 Å². The van der Waals surface area contributed by atoms with E-state index in [0.29, 0.717) is 25.0 Å². The summed E-state index contributed by atoms with van der Waals surface area (Å²) >= 11 is 0. The fraction of sp³-hybridized carbons (Fsp3) is 1.00. The van der Waals surface area contributed by atoms with Crippen molar-refractivity contribution < 1.29 is 8.42 Å². The standard InChI is InChI=1S/C13H26N2O2S/c1-10(2)13-5-4-8-15(13)18(16,17)11(3)9-14-12-6-7-12/h10-14H,4-9H2,1-3H3. The molecule has 5 heteroatoms. The van der Waals surface area contributed by atoms with Gasteiger partial charge in [-0.3, -0.25) is 0 Å². The van der Waals surface area contributed by atoms with Crippen LogP contribution >= 0.6 is 0 Å². The van der Waals surface area contributed by atoms with E-state index in [9.17, 15) is 8.42 Å². The monoisotopic (exact) mass is 274 g/mol. The van der Waals surface area contributed by atoms with E-state index in [-0.39, 0.29) is 11.3 Å². The molecule has 1 heterocycles. The zero-order valence-electron chi connectivity index (χ0n) is 11.7. The van der Waals surface area contributed by atoms with Gasteiger partial charge in [0.05, 0.1) is 5.25 Å². The van der Waals surface area contributed by atoms with Gasteiger partial charge in [-0.15, -0.1) is 0 Å². The number of nitrogens with one attached hydrogen (secondary N) is 1. The molecule has 0 spiro atoms. The van der Waals surface area contributed by atoms with Crippen LogP contribution in [-0.2, 0) is 10.0 Å². The first-order chi connectivity index (χ1) is 8.43. The van der Waals surface area contributed by atoms with E-state index >= 15 is 0 Å². The van der Waals surface area contributed by atoms with Gasteiger partial charge in [0.25, 0.3) is 0 Å². The molecule has 106 valence electrons. The average molecular weight is 274 g/mol. The van der Waals surface area contributed by atoms with Gasteiger partial charge in [0, 0.05) is 25.2 Å². The molecule has 0 amide bonds. The highest BCUT2D eigenvalue weighted by Crippen LogP contribution is 2.28. The fourth-order valence-corrected chi connectivity index (χ4v) is 4.58. The molecule has 2 rings (SSSR count). The minimum absolute atomic E-state index is 0.207. The molecule has 0 radical (unpaired) electrons. The van der Waals surface area contributed by atoms with Gasteiger partial charge in [-0.2, -0.15) is 4.31 Å². The van der Waals surface area contributed by atoms with E-state index in [0.717, 1.165) is 12.8 Å². The summed E-state index contributed by atoms with van der Waals surface area (Å²) in [6, 6.07) is 0.778. The lowest BCUT2D eigenvalue weighted by Crippen LogP contribution is -2.46. The lowest BCUT2D eigenvalue weighted by atomic mass is 10.0. The second-order valence-corrected chi connectivity index (χ2v) is 8.41. The number of rotatable bonds is 6. The van der Waals surface area contributed by atoms with Crippen molar-refractivity contribution in [3.63, 3.8) is 0 Å². The minimum atomic E-state index is -3.13. The highest BCUT2D eigenvalue weighted by Gasteiger charge is 2.38. The summed E-state index contributed by atoms with van der Waals surface area (Å²) in [5.74, 6) is 0.408. The third kappa shape index (κ3) is 3.06. The lowest BCUT2D eigenvalue weighted by molar-refractivity contribution is 0.312. The first-order valence-electron chi connectivity index (χ1n) is 7.17.